The van der Waals surface area contributed by atoms with Crippen LogP contribution >= 0.6 is 0 Å². The van der Waals surface area contributed by atoms with E-state index in [1.54, 1.807) is 4.90 Å². The maximum Gasteiger partial charge on any atom is 0.415 e. The molecular formula is C42H60N4O6. The number of nitrogens with zero attached hydrogens (tertiary/aromatic N) is 1. The van der Waals surface area contributed by atoms with E-state index in [9.17, 15) is 14.4 Å². The number of amides is 3. The highest BCUT2D eigenvalue weighted by Gasteiger charge is 2.58. The van der Waals surface area contributed by atoms with Crippen LogP contribution in [0.5, 0.6) is 5.75 Å². The maximum atomic E-state index is 14.6. The zero-order valence-corrected chi connectivity index (χ0v) is 31.9. The summed E-state index contributed by atoms with van der Waals surface area (Å²) in [5, 5.41) is 15.2. The highest BCUT2D eigenvalue weighted by Crippen LogP contribution is 2.59. The van der Waals surface area contributed by atoms with E-state index in [0.29, 0.717) is 32.0 Å². The van der Waals surface area contributed by atoms with Gasteiger partial charge in [0.25, 0.3) is 0 Å². The first kappa shape index (κ1) is 38.3. The topological polar surface area (TPSA) is 143 Å². The Morgan fingerprint density at radius 2 is 1.40 bits per heavy atom. The summed E-state index contributed by atoms with van der Waals surface area (Å²) >= 11 is 0. The lowest BCUT2D eigenvalue weighted by Crippen LogP contribution is -2.60. The number of fused-ring (bicyclic) bond motifs is 6. The minimum Gasteiger partial charge on any atom is -0.410 e. The number of carbonyl (C=O) groups is 3. The van der Waals surface area contributed by atoms with Gasteiger partial charge in [-0.25, -0.2) is 4.79 Å². The van der Waals surface area contributed by atoms with Crippen LogP contribution in [0.3, 0.4) is 0 Å². The van der Waals surface area contributed by atoms with Gasteiger partial charge in [0, 0.05) is 25.3 Å². The summed E-state index contributed by atoms with van der Waals surface area (Å²) < 4.78 is 11.4. The van der Waals surface area contributed by atoms with Crippen molar-refractivity contribution in [3.8, 4) is 5.75 Å². The zero-order valence-electron chi connectivity index (χ0n) is 31.9. The van der Waals surface area contributed by atoms with Gasteiger partial charge in [-0.3, -0.25) is 14.9 Å². The van der Waals surface area contributed by atoms with Gasteiger partial charge in [-0.15, -0.1) is 0 Å². The van der Waals surface area contributed by atoms with Crippen LogP contribution in [-0.4, -0.2) is 74.4 Å². The van der Waals surface area contributed by atoms with E-state index in [-0.39, 0.29) is 47.7 Å². The largest absolute Gasteiger partial charge is 0.415 e. The first-order chi connectivity index (χ1) is 24.8. The second-order valence-corrected chi connectivity index (χ2v) is 16.9. The molecule has 2 saturated carbocycles. The Kier molecular flexibility index (Phi) is 11.1. The molecule has 0 aliphatic heterocycles. The Bertz CT molecular complexity index is 1660. The van der Waals surface area contributed by atoms with Gasteiger partial charge in [-0.1, -0.05) is 52.7 Å². The molecule has 2 aromatic rings. The second-order valence-electron chi connectivity index (χ2n) is 16.9. The summed E-state index contributed by atoms with van der Waals surface area (Å²) in [6.07, 6.45) is 8.22. The summed E-state index contributed by atoms with van der Waals surface area (Å²) in [7, 11) is 1.83. The van der Waals surface area contributed by atoms with Crippen molar-refractivity contribution in [2.45, 2.75) is 103 Å². The third-order valence-electron chi connectivity index (χ3n) is 13.8. The van der Waals surface area contributed by atoms with E-state index >= 15 is 0 Å². The number of aliphatic hydroxyl groups excluding tert-OH is 1. The Labute approximate surface area is 309 Å². The third kappa shape index (κ3) is 6.87. The molecule has 3 amide bonds. The number of carbonyl (C=O) groups excluding carboxylic acids is 3. The van der Waals surface area contributed by atoms with Gasteiger partial charge in [0.15, 0.2) is 0 Å². The normalized spacial score (nSPS) is 30.6. The fourth-order valence-electron chi connectivity index (χ4n) is 11.0. The molecule has 6 rings (SSSR count). The quantitative estimate of drug-likeness (QED) is 0.133. The number of imide groups is 1. The molecule has 0 unspecified atom stereocenters. The smallest absolute Gasteiger partial charge is 0.410 e. The number of aryl methyl sites for hydroxylation is 2. The number of hydrogen-bond donors (Lipinski definition) is 4. The average molecular weight is 717 g/mol. The number of benzene rings is 2. The number of aliphatic hydroxyl groups is 1. The predicted molar refractivity (Wildman–Crippen MR) is 202 cm³/mol. The van der Waals surface area contributed by atoms with E-state index in [2.05, 4.69) is 56.5 Å². The van der Waals surface area contributed by atoms with Crippen molar-refractivity contribution in [3.63, 3.8) is 0 Å². The van der Waals surface area contributed by atoms with Gasteiger partial charge < -0.3 is 30.5 Å². The van der Waals surface area contributed by atoms with E-state index in [1.807, 2.05) is 25.2 Å². The molecule has 4 aliphatic rings. The van der Waals surface area contributed by atoms with Crippen molar-refractivity contribution in [3.05, 3.63) is 58.7 Å². The molecule has 52 heavy (non-hydrogen) atoms. The highest BCUT2D eigenvalue weighted by molar-refractivity contribution is 6.01. The molecule has 10 nitrogen and oxygen atoms in total. The lowest BCUT2D eigenvalue weighted by Gasteiger charge is -2.56. The van der Waals surface area contributed by atoms with Crippen molar-refractivity contribution in [2.75, 3.05) is 52.2 Å². The first-order valence-corrected chi connectivity index (χ1v) is 19.5. The average Bonchev–Trinajstić information content (AvgIpc) is 3.11. The number of hydrogen-bond acceptors (Lipinski definition) is 8. The molecule has 284 valence electrons. The predicted octanol–water partition coefficient (Wildman–Crippen LogP) is 5.66. The van der Waals surface area contributed by atoms with Crippen LogP contribution in [0.1, 0.15) is 101 Å². The Morgan fingerprint density at radius 3 is 1.98 bits per heavy atom. The summed E-state index contributed by atoms with van der Waals surface area (Å²) in [5.74, 6) is 0.323. The van der Waals surface area contributed by atoms with Crippen LogP contribution in [0.2, 0.25) is 0 Å². The molecule has 0 radical (unpaired) electrons. The zero-order chi connectivity index (χ0) is 37.3. The summed E-state index contributed by atoms with van der Waals surface area (Å²) in [6, 6.07) is 12.2. The number of nitrogens with one attached hydrogen (secondary N) is 2. The van der Waals surface area contributed by atoms with Gasteiger partial charge in [0.1, 0.15) is 5.75 Å². The van der Waals surface area contributed by atoms with Crippen LogP contribution in [0.4, 0.5) is 10.5 Å². The number of nitrogens with two attached hydrogens (primary N) is 1. The number of nitrogen functional groups attached to an aromatic ring is 1. The van der Waals surface area contributed by atoms with E-state index < -0.39 is 16.9 Å². The van der Waals surface area contributed by atoms with Crippen LogP contribution in [-0.2, 0) is 38.0 Å². The Hall–Kier alpha value is -3.47. The minimum atomic E-state index is -0.729. The molecule has 0 heterocycles. The SMILES string of the molecule is CNCCN(CCOCCO)C(=O)Oc1ccc2c(c1)[C@@]1(C)CCC[C@](C)(C(=O)NC(=O)[C@@]3(C)CCC[C@]4(C)c5cc(N)ccc5CC[C@@H]34)[C@@H]1CC2. The van der Waals surface area contributed by atoms with E-state index in [1.165, 1.54) is 16.7 Å². The van der Waals surface area contributed by atoms with Crippen molar-refractivity contribution in [2.24, 2.45) is 22.7 Å². The van der Waals surface area contributed by atoms with Gasteiger partial charge in [0.2, 0.25) is 11.8 Å². The summed E-state index contributed by atoms with van der Waals surface area (Å²) in [5.41, 5.74) is 10.1. The fraction of sp³-hybridized carbons (Fsp3) is 0.643. The molecule has 2 fully saturated rings. The molecular weight excluding hydrogens is 656 g/mol. The lowest BCUT2D eigenvalue weighted by molar-refractivity contribution is -0.150. The lowest BCUT2D eigenvalue weighted by atomic mass is 9.49. The first-order valence-electron chi connectivity index (χ1n) is 19.5. The molecule has 0 spiro atoms. The molecule has 0 aromatic heterocycles. The monoisotopic (exact) mass is 716 g/mol. The van der Waals surface area contributed by atoms with Crippen LogP contribution in [0, 0.1) is 22.7 Å². The molecule has 5 N–H and O–H groups in total. The summed E-state index contributed by atoms with van der Waals surface area (Å²) in [4.78, 5) is 44.0. The minimum absolute atomic E-state index is 0.0183. The van der Waals surface area contributed by atoms with Gasteiger partial charge >= 0.3 is 6.09 Å². The van der Waals surface area contributed by atoms with E-state index in [0.717, 1.165) is 75.5 Å². The molecule has 6 atom stereocenters. The van der Waals surface area contributed by atoms with Crippen molar-refractivity contribution in [1.82, 2.24) is 15.5 Å². The number of likely N-dealkylation sites (N-methyl/N-ethyl adjacent to an activating group) is 1. The van der Waals surface area contributed by atoms with Crippen LogP contribution in [0.15, 0.2) is 36.4 Å². The maximum absolute atomic E-state index is 14.6. The molecule has 10 heteroatoms. The molecule has 0 bridgehead atoms. The van der Waals surface area contributed by atoms with Crippen molar-refractivity contribution < 1.29 is 29.0 Å². The number of ether oxygens (including phenoxy) is 2. The van der Waals surface area contributed by atoms with Crippen LogP contribution < -0.4 is 21.1 Å². The van der Waals surface area contributed by atoms with Gasteiger partial charge in [-0.2, -0.15) is 0 Å². The summed E-state index contributed by atoms with van der Waals surface area (Å²) in [6.45, 7) is 10.6. The molecule has 2 aromatic carbocycles. The Morgan fingerprint density at radius 1 is 0.827 bits per heavy atom. The molecule has 4 aliphatic carbocycles. The number of anilines is 1. The standard InChI is InChI=1S/C42H60N4O6/c1-39-16-6-18-41(3,34(39)14-10-28-8-12-30(43)26-32(28)39)36(48)45-37(49)42(4)19-7-17-40(2)33-27-31(13-9-29(33)11-15-35(40)42)52-38(50)46(21-20-44-5)22-24-51-25-23-47/h8-9,12-13,26-27,34-35,44,47H,6-7,10-11,14-25,43H2,1-5H3,(H,45,48,49)/t34-,35-,39-,40-,41+,42+/m1/s1. The van der Waals surface area contributed by atoms with Gasteiger partial charge in [-0.05, 0) is 128 Å². The van der Waals surface area contributed by atoms with Crippen molar-refractivity contribution in [1.29, 1.82) is 0 Å². The van der Waals surface area contributed by atoms with E-state index in [4.69, 9.17) is 20.3 Å². The molecule has 0 saturated heterocycles. The number of rotatable bonds is 11. The van der Waals surface area contributed by atoms with Crippen molar-refractivity contribution >= 4 is 23.6 Å². The van der Waals surface area contributed by atoms with Gasteiger partial charge in [0.05, 0.1) is 30.7 Å². The fourth-order valence-corrected chi connectivity index (χ4v) is 11.0. The third-order valence-corrected chi connectivity index (χ3v) is 13.8. The Balaban J connectivity index is 1.20. The highest BCUT2D eigenvalue weighted by atomic mass is 16.6. The second kappa shape index (κ2) is 15.1. The van der Waals surface area contributed by atoms with Crippen LogP contribution in [0.25, 0.3) is 0 Å².